The molecule has 0 unspecified atom stereocenters. The molecule has 1 fully saturated rings. The van der Waals surface area contributed by atoms with Crippen molar-refractivity contribution < 1.29 is 14.3 Å². The maximum atomic E-state index is 13.4. The maximum Gasteiger partial charge on any atom is 0.237 e. The quantitative estimate of drug-likeness (QED) is 0.422. The van der Waals surface area contributed by atoms with Crippen molar-refractivity contribution >= 4 is 16.8 Å². The van der Waals surface area contributed by atoms with Gasteiger partial charge in [0, 0.05) is 55.7 Å². The van der Waals surface area contributed by atoms with Gasteiger partial charge in [-0.05, 0) is 41.0 Å². The lowest BCUT2D eigenvalue weighted by Gasteiger charge is -2.25. The highest BCUT2D eigenvalue weighted by atomic mass is 16.5. The van der Waals surface area contributed by atoms with E-state index in [0.29, 0.717) is 39.3 Å². The second-order valence-corrected chi connectivity index (χ2v) is 8.95. The molecule has 0 radical (unpaired) electrons. The van der Waals surface area contributed by atoms with E-state index in [1.54, 1.807) is 13.3 Å². The van der Waals surface area contributed by atoms with Gasteiger partial charge < -0.3 is 19.4 Å². The van der Waals surface area contributed by atoms with Gasteiger partial charge in [-0.2, -0.15) is 0 Å². The SMILES string of the molecule is COc1ccc(CN2C[C@@H](OCc3cccnc3)CN(Cc3c[nH]c4ccccc34)CC2=O)cc1. The molecule has 1 aliphatic rings. The van der Waals surface area contributed by atoms with Gasteiger partial charge in [-0.15, -0.1) is 0 Å². The monoisotopic (exact) mass is 470 g/mol. The largest absolute Gasteiger partial charge is 0.497 e. The van der Waals surface area contributed by atoms with Crippen molar-refractivity contribution in [3.8, 4) is 5.75 Å². The smallest absolute Gasteiger partial charge is 0.237 e. The summed E-state index contributed by atoms with van der Waals surface area (Å²) in [4.78, 5) is 25.0. The van der Waals surface area contributed by atoms with Crippen LogP contribution in [0.3, 0.4) is 0 Å². The number of methoxy groups -OCH3 is 1. The molecule has 2 aromatic carbocycles. The van der Waals surface area contributed by atoms with Crippen LogP contribution in [0.15, 0.2) is 79.3 Å². The second kappa shape index (κ2) is 10.7. The van der Waals surface area contributed by atoms with Crippen LogP contribution in [0.4, 0.5) is 0 Å². The molecule has 1 atom stereocenters. The van der Waals surface area contributed by atoms with Gasteiger partial charge in [-0.1, -0.05) is 36.4 Å². The van der Waals surface area contributed by atoms with Crippen LogP contribution in [0.25, 0.3) is 10.9 Å². The Kier molecular flexibility index (Phi) is 7.07. The number of nitrogens with zero attached hydrogens (tertiary/aromatic N) is 3. The number of benzene rings is 2. The van der Waals surface area contributed by atoms with Gasteiger partial charge in [0.1, 0.15) is 5.75 Å². The number of aromatic amines is 1. The Hall–Kier alpha value is -3.68. The van der Waals surface area contributed by atoms with Gasteiger partial charge in [0.05, 0.1) is 26.4 Å². The number of H-pyrrole nitrogens is 1. The molecular weight excluding hydrogens is 440 g/mol. The average molecular weight is 471 g/mol. The zero-order valence-electron chi connectivity index (χ0n) is 19.9. The first kappa shape index (κ1) is 23.1. The number of pyridine rings is 1. The first-order valence-electron chi connectivity index (χ1n) is 11.9. The highest BCUT2D eigenvalue weighted by Gasteiger charge is 2.29. The fraction of sp³-hybridized carbons (Fsp3) is 0.286. The van der Waals surface area contributed by atoms with Gasteiger partial charge in [0.25, 0.3) is 0 Å². The molecule has 0 spiro atoms. The number of rotatable bonds is 8. The van der Waals surface area contributed by atoms with Gasteiger partial charge in [0.2, 0.25) is 5.91 Å². The second-order valence-electron chi connectivity index (χ2n) is 8.95. The number of hydrogen-bond donors (Lipinski definition) is 1. The van der Waals surface area contributed by atoms with Crippen molar-refractivity contribution in [2.24, 2.45) is 0 Å². The van der Waals surface area contributed by atoms with Crippen LogP contribution < -0.4 is 4.74 Å². The fourth-order valence-corrected chi connectivity index (χ4v) is 4.58. The third kappa shape index (κ3) is 5.70. The van der Waals surface area contributed by atoms with Crippen molar-refractivity contribution in [1.29, 1.82) is 0 Å². The lowest BCUT2D eigenvalue weighted by Crippen LogP contribution is -2.37. The Morgan fingerprint density at radius 3 is 2.66 bits per heavy atom. The zero-order valence-corrected chi connectivity index (χ0v) is 19.9. The van der Waals surface area contributed by atoms with Crippen molar-refractivity contribution in [2.45, 2.75) is 25.8 Å². The highest BCUT2D eigenvalue weighted by molar-refractivity contribution is 5.83. The van der Waals surface area contributed by atoms with Crippen LogP contribution in [-0.4, -0.2) is 58.5 Å². The third-order valence-corrected chi connectivity index (χ3v) is 6.41. The minimum absolute atomic E-state index is 0.105. The van der Waals surface area contributed by atoms with E-state index >= 15 is 0 Å². The van der Waals surface area contributed by atoms with Gasteiger partial charge in [0.15, 0.2) is 0 Å². The number of nitrogens with one attached hydrogen (secondary N) is 1. The van der Waals surface area contributed by atoms with Crippen LogP contribution in [-0.2, 0) is 29.2 Å². The molecule has 7 nitrogen and oxygen atoms in total. The molecule has 2 aromatic heterocycles. The van der Waals surface area contributed by atoms with Crippen molar-refractivity contribution in [2.75, 3.05) is 26.7 Å². The standard InChI is InChI=1S/C28H30N4O3/c1-34-24-10-8-21(9-11-24)15-32-18-25(35-20-22-5-4-12-29-13-22)17-31(19-28(32)33)16-23-14-30-27-7-3-2-6-26(23)27/h2-14,25,30H,15-20H2,1H3/t25-/m0/s1. The number of aromatic nitrogens is 2. The Morgan fingerprint density at radius 2 is 1.86 bits per heavy atom. The topological polar surface area (TPSA) is 70.7 Å². The summed E-state index contributed by atoms with van der Waals surface area (Å²) in [5, 5.41) is 1.19. The Morgan fingerprint density at radius 1 is 1.00 bits per heavy atom. The summed E-state index contributed by atoms with van der Waals surface area (Å²) in [6.07, 6.45) is 5.50. The van der Waals surface area contributed by atoms with Crippen LogP contribution >= 0.6 is 0 Å². The average Bonchev–Trinajstić information content (AvgIpc) is 3.23. The molecule has 0 bridgehead atoms. The van der Waals surface area contributed by atoms with Crippen LogP contribution in [0.1, 0.15) is 16.7 Å². The molecule has 1 amide bonds. The number of carbonyl (C=O) groups is 1. The molecule has 1 saturated heterocycles. The molecule has 1 aliphatic heterocycles. The molecular formula is C28H30N4O3. The predicted octanol–water partition coefficient (Wildman–Crippen LogP) is 4.00. The van der Waals surface area contributed by atoms with E-state index in [2.05, 4.69) is 27.0 Å². The van der Waals surface area contributed by atoms with E-state index in [0.717, 1.165) is 22.4 Å². The number of hydrogen-bond acceptors (Lipinski definition) is 5. The molecule has 4 aromatic rings. The summed E-state index contributed by atoms with van der Waals surface area (Å²) in [6, 6.07) is 20.0. The number of ether oxygens (including phenoxy) is 2. The summed E-state index contributed by atoms with van der Waals surface area (Å²) in [5.41, 5.74) is 4.38. The van der Waals surface area contributed by atoms with Crippen LogP contribution in [0.5, 0.6) is 5.75 Å². The molecule has 35 heavy (non-hydrogen) atoms. The molecule has 7 heteroatoms. The Labute approximate surface area is 205 Å². The van der Waals surface area contributed by atoms with E-state index in [9.17, 15) is 4.79 Å². The van der Waals surface area contributed by atoms with E-state index in [4.69, 9.17) is 9.47 Å². The lowest BCUT2D eigenvalue weighted by atomic mass is 10.1. The Bertz CT molecular complexity index is 1260. The minimum Gasteiger partial charge on any atom is -0.497 e. The van der Waals surface area contributed by atoms with Crippen molar-refractivity contribution in [3.63, 3.8) is 0 Å². The first-order chi connectivity index (χ1) is 17.2. The number of carbonyl (C=O) groups excluding carboxylic acids is 1. The number of amides is 1. The van der Waals surface area contributed by atoms with Gasteiger partial charge in [-0.25, -0.2) is 0 Å². The molecule has 5 rings (SSSR count). The number of para-hydroxylation sites is 1. The van der Waals surface area contributed by atoms with Gasteiger partial charge >= 0.3 is 0 Å². The van der Waals surface area contributed by atoms with Crippen molar-refractivity contribution in [3.05, 3.63) is 95.9 Å². The predicted molar refractivity (Wildman–Crippen MR) is 135 cm³/mol. The molecule has 0 aliphatic carbocycles. The highest BCUT2D eigenvalue weighted by Crippen LogP contribution is 2.22. The fourth-order valence-electron chi connectivity index (χ4n) is 4.58. The van der Waals surface area contributed by atoms with Crippen molar-refractivity contribution in [1.82, 2.24) is 19.8 Å². The summed E-state index contributed by atoms with van der Waals surface area (Å²) in [5.74, 6) is 0.909. The summed E-state index contributed by atoms with van der Waals surface area (Å²) in [6.45, 7) is 3.24. The van der Waals surface area contributed by atoms with Gasteiger partial charge in [-0.3, -0.25) is 14.7 Å². The molecule has 180 valence electrons. The lowest BCUT2D eigenvalue weighted by molar-refractivity contribution is -0.132. The summed E-state index contributed by atoms with van der Waals surface area (Å²) >= 11 is 0. The van der Waals surface area contributed by atoms with E-state index in [1.807, 2.05) is 65.8 Å². The summed E-state index contributed by atoms with van der Waals surface area (Å²) in [7, 11) is 1.65. The minimum atomic E-state index is -0.120. The molecule has 3 heterocycles. The van der Waals surface area contributed by atoms with Crippen LogP contribution in [0.2, 0.25) is 0 Å². The maximum absolute atomic E-state index is 13.4. The van der Waals surface area contributed by atoms with E-state index < -0.39 is 0 Å². The third-order valence-electron chi connectivity index (χ3n) is 6.41. The molecule has 1 N–H and O–H groups in total. The first-order valence-corrected chi connectivity index (χ1v) is 11.9. The Balaban J connectivity index is 1.34. The zero-order chi connectivity index (χ0) is 24.0. The number of fused-ring (bicyclic) bond motifs is 1. The van der Waals surface area contributed by atoms with E-state index in [-0.39, 0.29) is 12.0 Å². The van der Waals surface area contributed by atoms with Crippen LogP contribution in [0, 0.1) is 0 Å². The molecule has 0 saturated carbocycles. The normalized spacial score (nSPS) is 17.0. The van der Waals surface area contributed by atoms with E-state index in [1.165, 1.54) is 10.9 Å². The summed E-state index contributed by atoms with van der Waals surface area (Å²) < 4.78 is 11.6.